The van der Waals surface area contributed by atoms with Crippen molar-refractivity contribution >= 4 is 0 Å². The molecule has 0 amide bonds. The van der Waals surface area contributed by atoms with Crippen LogP contribution in [-0.4, -0.2) is 36.7 Å². The van der Waals surface area contributed by atoms with Gasteiger partial charge in [0.1, 0.15) is 0 Å². The number of likely N-dealkylation sites (tertiary alicyclic amines) is 1. The van der Waals surface area contributed by atoms with E-state index in [1.807, 2.05) is 6.92 Å². The highest BCUT2D eigenvalue weighted by atomic mass is 16.5. The number of fused-ring (bicyclic) bond motifs is 2. The first kappa shape index (κ1) is 8.03. The first-order valence-corrected chi connectivity index (χ1v) is 4.55. The van der Waals surface area contributed by atoms with Gasteiger partial charge in [-0.3, -0.25) is 4.90 Å². The van der Waals surface area contributed by atoms with Gasteiger partial charge in [-0.05, 0) is 13.3 Å². The summed E-state index contributed by atoms with van der Waals surface area (Å²) >= 11 is 0. The third-order valence-electron chi connectivity index (χ3n) is 2.74. The molecule has 3 nitrogen and oxygen atoms in total. The number of hydrogen-bond acceptors (Lipinski definition) is 3. The SMILES string of the molecule is CC(C#N)CN1CC2CC1CO2. The molecule has 2 bridgehead atoms. The van der Waals surface area contributed by atoms with Crippen molar-refractivity contribution in [1.29, 1.82) is 5.26 Å². The second kappa shape index (κ2) is 3.04. The maximum absolute atomic E-state index is 8.66. The van der Waals surface area contributed by atoms with Crippen LogP contribution in [0.4, 0.5) is 0 Å². The molecule has 3 atom stereocenters. The lowest BCUT2D eigenvalue weighted by Crippen LogP contribution is -2.39. The number of ether oxygens (including phenoxy) is 1. The van der Waals surface area contributed by atoms with Crippen molar-refractivity contribution in [3.63, 3.8) is 0 Å². The van der Waals surface area contributed by atoms with Gasteiger partial charge < -0.3 is 4.74 Å². The second-order valence-electron chi connectivity index (χ2n) is 3.83. The van der Waals surface area contributed by atoms with E-state index in [4.69, 9.17) is 10.00 Å². The molecular formula is C9H14N2O. The number of morpholine rings is 1. The normalized spacial score (nSPS) is 36.7. The molecule has 2 saturated heterocycles. The average Bonchev–Trinajstić information content (AvgIpc) is 2.64. The highest BCUT2D eigenvalue weighted by Crippen LogP contribution is 2.27. The first-order chi connectivity index (χ1) is 5.79. The van der Waals surface area contributed by atoms with Gasteiger partial charge in [-0.2, -0.15) is 5.26 Å². The smallest absolute Gasteiger partial charge is 0.0718 e. The van der Waals surface area contributed by atoms with Crippen LogP contribution in [0.2, 0.25) is 0 Å². The van der Waals surface area contributed by atoms with E-state index < -0.39 is 0 Å². The predicted molar refractivity (Wildman–Crippen MR) is 44.5 cm³/mol. The fraction of sp³-hybridized carbons (Fsp3) is 0.889. The van der Waals surface area contributed by atoms with E-state index in [0.717, 1.165) is 19.7 Å². The Hall–Kier alpha value is -0.590. The molecule has 0 aromatic carbocycles. The minimum absolute atomic E-state index is 0.157. The summed E-state index contributed by atoms with van der Waals surface area (Å²) in [4.78, 5) is 2.39. The van der Waals surface area contributed by atoms with E-state index in [0.29, 0.717) is 12.1 Å². The van der Waals surface area contributed by atoms with Gasteiger partial charge in [0.2, 0.25) is 0 Å². The second-order valence-corrected chi connectivity index (χ2v) is 3.83. The van der Waals surface area contributed by atoms with Crippen LogP contribution in [0.1, 0.15) is 13.3 Å². The van der Waals surface area contributed by atoms with E-state index in [1.54, 1.807) is 0 Å². The maximum Gasteiger partial charge on any atom is 0.0718 e. The minimum Gasteiger partial charge on any atom is -0.375 e. The molecule has 0 aromatic heterocycles. The standard InChI is InChI=1S/C9H14N2O/c1-7(3-10)4-11-5-9-2-8(11)6-12-9/h7-9H,2,4-6H2,1H3. The van der Waals surface area contributed by atoms with E-state index in [-0.39, 0.29) is 5.92 Å². The Kier molecular flexibility index (Phi) is 2.03. The van der Waals surface area contributed by atoms with Crippen molar-refractivity contribution in [2.24, 2.45) is 5.92 Å². The summed E-state index contributed by atoms with van der Waals surface area (Å²) in [6.07, 6.45) is 1.64. The zero-order valence-corrected chi connectivity index (χ0v) is 7.36. The van der Waals surface area contributed by atoms with Gasteiger partial charge in [-0.1, -0.05) is 0 Å². The Morgan fingerprint density at radius 3 is 3.08 bits per heavy atom. The predicted octanol–water partition coefficient (Wildman–Crippen LogP) is 0.619. The molecule has 0 aromatic rings. The van der Waals surface area contributed by atoms with E-state index in [9.17, 15) is 0 Å². The molecule has 0 saturated carbocycles. The Labute approximate surface area is 72.9 Å². The minimum atomic E-state index is 0.157. The fourth-order valence-corrected chi connectivity index (χ4v) is 2.10. The van der Waals surface area contributed by atoms with Crippen LogP contribution in [0.15, 0.2) is 0 Å². The van der Waals surface area contributed by atoms with Crippen molar-refractivity contribution in [2.75, 3.05) is 19.7 Å². The Balaban J connectivity index is 1.87. The molecular weight excluding hydrogens is 152 g/mol. The van der Waals surface area contributed by atoms with Crippen LogP contribution in [0.3, 0.4) is 0 Å². The van der Waals surface area contributed by atoms with Gasteiger partial charge in [0.25, 0.3) is 0 Å². The lowest BCUT2D eigenvalue weighted by Gasteiger charge is -2.27. The van der Waals surface area contributed by atoms with Gasteiger partial charge in [-0.25, -0.2) is 0 Å². The number of rotatable bonds is 2. The molecule has 0 spiro atoms. The van der Waals surface area contributed by atoms with Gasteiger partial charge in [0.05, 0.1) is 24.7 Å². The topological polar surface area (TPSA) is 36.3 Å². The summed E-state index contributed by atoms with van der Waals surface area (Å²) in [6.45, 7) is 4.81. The average molecular weight is 166 g/mol. The Bertz CT molecular complexity index is 211. The van der Waals surface area contributed by atoms with Crippen LogP contribution in [0.25, 0.3) is 0 Å². The van der Waals surface area contributed by atoms with Gasteiger partial charge in [0, 0.05) is 19.1 Å². The van der Waals surface area contributed by atoms with Gasteiger partial charge in [0.15, 0.2) is 0 Å². The summed E-state index contributed by atoms with van der Waals surface area (Å²) in [5, 5.41) is 8.66. The van der Waals surface area contributed by atoms with Crippen LogP contribution in [0.5, 0.6) is 0 Å². The molecule has 3 unspecified atom stereocenters. The highest BCUT2D eigenvalue weighted by molar-refractivity contribution is 4.94. The van der Waals surface area contributed by atoms with E-state index in [1.165, 1.54) is 6.42 Å². The molecule has 3 heteroatoms. The lowest BCUT2D eigenvalue weighted by molar-refractivity contribution is 0.0278. The molecule has 2 rings (SSSR count). The molecule has 2 aliphatic rings. The third-order valence-corrected chi connectivity index (χ3v) is 2.74. The summed E-state index contributed by atoms with van der Waals surface area (Å²) < 4.78 is 5.47. The summed E-state index contributed by atoms with van der Waals surface area (Å²) in [5.41, 5.74) is 0. The van der Waals surface area contributed by atoms with Crippen LogP contribution < -0.4 is 0 Å². The number of nitriles is 1. The molecule has 0 N–H and O–H groups in total. The van der Waals surface area contributed by atoms with Crippen molar-refractivity contribution in [1.82, 2.24) is 4.90 Å². The van der Waals surface area contributed by atoms with Crippen LogP contribution in [-0.2, 0) is 4.74 Å². The summed E-state index contributed by atoms with van der Waals surface area (Å²) in [5.74, 6) is 0.157. The number of hydrogen-bond donors (Lipinski definition) is 0. The summed E-state index contributed by atoms with van der Waals surface area (Å²) in [7, 11) is 0. The zero-order valence-electron chi connectivity index (χ0n) is 7.36. The summed E-state index contributed by atoms with van der Waals surface area (Å²) in [6, 6.07) is 2.87. The molecule has 2 heterocycles. The maximum atomic E-state index is 8.66. The molecule has 0 aliphatic carbocycles. The molecule has 2 aliphatic heterocycles. The van der Waals surface area contributed by atoms with Crippen LogP contribution >= 0.6 is 0 Å². The molecule has 2 fully saturated rings. The molecule has 66 valence electrons. The van der Waals surface area contributed by atoms with E-state index >= 15 is 0 Å². The molecule has 0 radical (unpaired) electrons. The van der Waals surface area contributed by atoms with Gasteiger partial charge in [-0.15, -0.1) is 0 Å². The lowest BCUT2D eigenvalue weighted by atomic mass is 10.2. The molecule has 12 heavy (non-hydrogen) atoms. The monoisotopic (exact) mass is 166 g/mol. The van der Waals surface area contributed by atoms with E-state index in [2.05, 4.69) is 11.0 Å². The van der Waals surface area contributed by atoms with Crippen LogP contribution in [0, 0.1) is 17.2 Å². The number of nitrogens with zero attached hydrogens (tertiary/aromatic N) is 2. The van der Waals surface area contributed by atoms with Crippen molar-refractivity contribution in [3.8, 4) is 6.07 Å². The van der Waals surface area contributed by atoms with Crippen molar-refractivity contribution in [2.45, 2.75) is 25.5 Å². The quantitative estimate of drug-likeness (QED) is 0.603. The fourth-order valence-electron chi connectivity index (χ4n) is 2.10. The van der Waals surface area contributed by atoms with Crippen molar-refractivity contribution in [3.05, 3.63) is 0 Å². The zero-order chi connectivity index (χ0) is 8.55. The first-order valence-electron chi connectivity index (χ1n) is 4.55. The van der Waals surface area contributed by atoms with Gasteiger partial charge >= 0.3 is 0 Å². The third kappa shape index (κ3) is 1.33. The van der Waals surface area contributed by atoms with Crippen molar-refractivity contribution < 1.29 is 4.74 Å². The highest BCUT2D eigenvalue weighted by Gasteiger charge is 2.38. The Morgan fingerprint density at radius 1 is 1.75 bits per heavy atom. The largest absolute Gasteiger partial charge is 0.375 e. The Morgan fingerprint density at radius 2 is 2.58 bits per heavy atom.